The zero-order valence-corrected chi connectivity index (χ0v) is 12.6. The predicted molar refractivity (Wildman–Crippen MR) is 71.7 cm³/mol. The Morgan fingerprint density at radius 1 is 1.58 bits per heavy atom. The minimum absolute atomic E-state index is 0.0157. The molecule has 1 aliphatic heterocycles. The van der Waals surface area contributed by atoms with Gasteiger partial charge in [0.2, 0.25) is 0 Å². The van der Waals surface area contributed by atoms with E-state index < -0.39 is 9.05 Å². The summed E-state index contributed by atoms with van der Waals surface area (Å²) < 4.78 is 29.5. The van der Waals surface area contributed by atoms with Crippen LogP contribution in [0, 0.1) is 0 Å². The van der Waals surface area contributed by atoms with Crippen molar-refractivity contribution in [3.63, 3.8) is 0 Å². The highest BCUT2D eigenvalue weighted by Crippen LogP contribution is 2.15. The van der Waals surface area contributed by atoms with E-state index in [1.807, 2.05) is 0 Å². The number of hydrogen-bond donors (Lipinski definition) is 0. The highest BCUT2D eigenvalue weighted by atomic mass is 35.7. The van der Waals surface area contributed by atoms with E-state index in [1.54, 1.807) is 4.68 Å². The summed E-state index contributed by atoms with van der Waals surface area (Å²) in [6, 6.07) is 0.475. The van der Waals surface area contributed by atoms with E-state index in [-0.39, 0.29) is 11.0 Å². The van der Waals surface area contributed by atoms with Crippen molar-refractivity contribution in [1.29, 1.82) is 0 Å². The fourth-order valence-electron chi connectivity index (χ4n) is 2.10. The maximum absolute atomic E-state index is 11.2. The molecule has 1 atom stereocenters. The van der Waals surface area contributed by atoms with Gasteiger partial charge in [0.15, 0.2) is 0 Å². The number of halogens is 1. The summed E-state index contributed by atoms with van der Waals surface area (Å²) in [6.45, 7) is 7.25. The molecule has 1 aromatic rings. The number of ether oxygens (including phenoxy) is 1. The molecule has 1 aliphatic rings. The molecular weight excluding hydrogens is 290 g/mol. The first-order valence-corrected chi connectivity index (χ1v) is 8.50. The molecule has 0 aromatic carbocycles. The van der Waals surface area contributed by atoms with Gasteiger partial charge in [-0.2, -0.15) is 5.10 Å². The summed E-state index contributed by atoms with van der Waals surface area (Å²) in [6.07, 6.45) is 2.70. The molecule has 0 aliphatic carbocycles. The molecule has 6 nitrogen and oxygen atoms in total. The lowest BCUT2D eigenvalue weighted by molar-refractivity contribution is -0.0469. The van der Waals surface area contributed by atoms with Gasteiger partial charge in [-0.25, -0.2) is 8.42 Å². The molecule has 0 saturated carbocycles. The van der Waals surface area contributed by atoms with Crippen molar-refractivity contribution in [3.8, 4) is 0 Å². The van der Waals surface area contributed by atoms with Gasteiger partial charge in [-0.05, 0) is 13.8 Å². The lowest BCUT2D eigenvalue weighted by Crippen LogP contribution is -2.47. The number of rotatable bonds is 4. The average Bonchev–Trinajstić information content (AvgIpc) is 2.77. The Kier molecular flexibility index (Phi) is 4.50. The number of aromatic nitrogens is 2. The molecule has 0 N–H and O–H groups in total. The molecule has 0 bridgehead atoms. The number of hydrogen-bond acceptors (Lipinski definition) is 5. The molecule has 2 heterocycles. The first-order valence-electron chi connectivity index (χ1n) is 6.19. The molecule has 0 radical (unpaired) electrons. The molecular formula is C11H18ClN3O3S. The second kappa shape index (κ2) is 5.78. The lowest BCUT2D eigenvalue weighted by Gasteiger charge is -2.35. The van der Waals surface area contributed by atoms with E-state index in [1.165, 1.54) is 12.4 Å². The molecule has 108 valence electrons. The van der Waals surface area contributed by atoms with Gasteiger partial charge in [0, 0.05) is 36.0 Å². The van der Waals surface area contributed by atoms with E-state index in [9.17, 15) is 8.42 Å². The SMILES string of the molecule is CC(C)N1CCOC(Cn2cc(S(=O)(=O)Cl)cn2)C1. The Hall–Kier alpha value is -0.630. The van der Waals surface area contributed by atoms with Crippen molar-refractivity contribution in [1.82, 2.24) is 14.7 Å². The van der Waals surface area contributed by atoms with Crippen molar-refractivity contribution in [2.75, 3.05) is 19.7 Å². The van der Waals surface area contributed by atoms with E-state index in [2.05, 4.69) is 23.8 Å². The van der Waals surface area contributed by atoms with Crippen LogP contribution in [0.25, 0.3) is 0 Å². The molecule has 8 heteroatoms. The molecule has 2 rings (SSSR count). The molecule has 1 saturated heterocycles. The molecule has 19 heavy (non-hydrogen) atoms. The van der Waals surface area contributed by atoms with Crippen molar-refractivity contribution < 1.29 is 13.2 Å². The normalized spacial score (nSPS) is 22.0. The van der Waals surface area contributed by atoms with Crippen LogP contribution < -0.4 is 0 Å². The van der Waals surface area contributed by atoms with Gasteiger partial charge in [-0.3, -0.25) is 9.58 Å². The highest BCUT2D eigenvalue weighted by molar-refractivity contribution is 8.13. The first-order chi connectivity index (χ1) is 8.86. The van der Waals surface area contributed by atoms with Crippen molar-refractivity contribution >= 4 is 19.7 Å². The van der Waals surface area contributed by atoms with Crippen LogP contribution >= 0.6 is 10.7 Å². The number of nitrogens with zero attached hydrogens (tertiary/aromatic N) is 3. The largest absolute Gasteiger partial charge is 0.374 e. The Morgan fingerprint density at radius 2 is 2.32 bits per heavy atom. The van der Waals surface area contributed by atoms with Crippen molar-refractivity contribution in [2.24, 2.45) is 0 Å². The van der Waals surface area contributed by atoms with Crippen LogP contribution in [0.1, 0.15) is 13.8 Å². The van der Waals surface area contributed by atoms with Crippen LogP contribution in [-0.4, -0.2) is 54.9 Å². The third-order valence-corrected chi connectivity index (χ3v) is 4.49. The molecule has 0 spiro atoms. The van der Waals surface area contributed by atoms with Crippen LogP contribution in [0.4, 0.5) is 0 Å². The quantitative estimate of drug-likeness (QED) is 0.774. The Balaban J connectivity index is 1.99. The second-order valence-electron chi connectivity index (χ2n) is 4.92. The summed E-state index contributed by atoms with van der Waals surface area (Å²) in [5.74, 6) is 0. The Morgan fingerprint density at radius 3 is 2.89 bits per heavy atom. The van der Waals surface area contributed by atoms with Gasteiger partial charge >= 0.3 is 0 Å². The summed E-state index contributed by atoms with van der Waals surface area (Å²) in [5, 5.41) is 4.00. The third-order valence-electron chi connectivity index (χ3n) is 3.18. The van der Waals surface area contributed by atoms with Crippen molar-refractivity contribution in [3.05, 3.63) is 12.4 Å². The smallest absolute Gasteiger partial charge is 0.264 e. The first kappa shape index (κ1) is 14.8. The average molecular weight is 308 g/mol. The van der Waals surface area contributed by atoms with Crippen LogP contribution in [0.5, 0.6) is 0 Å². The van der Waals surface area contributed by atoms with Crippen LogP contribution in [-0.2, 0) is 20.3 Å². The second-order valence-corrected chi connectivity index (χ2v) is 7.48. The summed E-state index contributed by atoms with van der Waals surface area (Å²) in [4.78, 5) is 2.35. The van der Waals surface area contributed by atoms with Gasteiger partial charge in [-0.1, -0.05) is 0 Å². The zero-order chi connectivity index (χ0) is 14.0. The lowest BCUT2D eigenvalue weighted by atomic mass is 10.2. The van der Waals surface area contributed by atoms with Gasteiger partial charge < -0.3 is 4.74 Å². The minimum Gasteiger partial charge on any atom is -0.374 e. The van der Waals surface area contributed by atoms with E-state index in [0.717, 1.165) is 13.1 Å². The van der Waals surface area contributed by atoms with Gasteiger partial charge in [0.1, 0.15) is 4.90 Å². The van der Waals surface area contributed by atoms with E-state index in [4.69, 9.17) is 15.4 Å². The standard InChI is InChI=1S/C11H18ClN3O3S/c1-9(2)14-3-4-18-10(6-14)7-15-8-11(5-13-15)19(12,16)17/h5,8-10H,3-4,6-7H2,1-2H3. The molecule has 1 fully saturated rings. The fraction of sp³-hybridized carbons (Fsp3) is 0.727. The summed E-state index contributed by atoms with van der Waals surface area (Å²) in [7, 11) is 1.55. The Bertz CT molecular complexity index is 529. The Labute approximate surface area is 117 Å². The number of morpholine rings is 1. The van der Waals surface area contributed by atoms with Gasteiger partial charge in [0.25, 0.3) is 9.05 Å². The molecule has 0 amide bonds. The summed E-state index contributed by atoms with van der Waals surface area (Å²) in [5.41, 5.74) is 0. The minimum atomic E-state index is -3.71. The zero-order valence-electron chi connectivity index (χ0n) is 11.0. The topological polar surface area (TPSA) is 64.4 Å². The van der Waals surface area contributed by atoms with E-state index in [0.29, 0.717) is 19.2 Å². The molecule has 1 aromatic heterocycles. The fourth-order valence-corrected chi connectivity index (χ4v) is 2.76. The molecule has 1 unspecified atom stereocenters. The van der Waals surface area contributed by atoms with Crippen LogP contribution in [0.3, 0.4) is 0 Å². The predicted octanol–water partition coefficient (Wildman–Crippen LogP) is 0.920. The van der Waals surface area contributed by atoms with E-state index >= 15 is 0 Å². The van der Waals surface area contributed by atoms with Gasteiger partial charge in [-0.15, -0.1) is 0 Å². The van der Waals surface area contributed by atoms with Gasteiger partial charge in [0.05, 0.1) is 25.5 Å². The van der Waals surface area contributed by atoms with Crippen LogP contribution in [0.2, 0.25) is 0 Å². The van der Waals surface area contributed by atoms with Crippen molar-refractivity contribution in [2.45, 2.75) is 37.4 Å². The highest BCUT2D eigenvalue weighted by Gasteiger charge is 2.23. The van der Waals surface area contributed by atoms with Crippen LogP contribution in [0.15, 0.2) is 17.3 Å². The maximum Gasteiger partial charge on any atom is 0.264 e. The summed E-state index contributed by atoms with van der Waals surface area (Å²) >= 11 is 0. The third kappa shape index (κ3) is 3.92. The monoisotopic (exact) mass is 307 g/mol. The maximum atomic E-state index is 11.2.